The summed E-state index contributed by atoms with van der Waals surface area (Å²) in [5, 5.41) is 5.03. The number of nitrogens with zero attached hydrogens (tertiary/aromatic N) is 1. The average molecular weight is 419 g/mol. The number of likely N-dealkylation sites (N-methyl/N-ethyl adjacent to an activating group) is 1. The molecule has 1 atom stereocenters. The van der Waals surface area contributed by atoms with Gasteiger partial charge >= 0.3 is 0 Å². The highest BCUT2D eigenvalue weighted by atomic mass is 32.2. The zero-order valence-corrected chi connectivity index (χ0v) is 16.9. The first kappa shape index (κ1) is 20.5. The molecule has 2 N–H and O–H groups in total. The summed E-state index contributed by atoms with van der Waals surface area (Å²) in [4.78, 5) is 23.5. The fraction of sp³-hybridized carbons (Fsp3) is 0.263. The first-order valence-electron chi connectivity index (χ1n) is 8.73. The molecule has 0 saturated carbocycles. The molecule has 0 aliphatic carbocycles. The van der Waals surface area contributed by atoms with Crippen molar-refractivity contribution in [1.82, 2.24) is 5.32 Å². The van der Waals surface area contributed by atoms with Crippen LogP contribution in [0.2, 0.25) is 0 Å². The van der Waals surface area contributed by atoms with Crippen LogP contribution in [0.4, 0.5) is 11.4 Å². The van der Waals surface area contributed by atoms with Crippen molar-refractivity contribution in [1.29, 1.82) is 0 Å². The van der Waals surface area contributed by atoms with Crippen LogP contribution < -0.4 is 24.4 Å². The molecule has 10 heteroatoms. The van der Waals surface area contributed by atoms with Gasteiger partial charge in [0.05, 0.1) is 29.9 Å². The second kappa shape index (κ2) is 8.00. The Bertz CT molecular complexity index is 1050. The number of carbonyl (C=O) groups is 2. The first-order chi connectivity index (χ1) is 13.8. The van der Waals surface area contributed by atoms with E-state index in [1.807, 2.05) is 0 Å². The normalized spacial score (nSPS) is 15.7. The number of amides is 2. The average Bonchev–Trinajstić information content (AvgIpc) is 2.71. The van der Waals surface area contributed by atoms with Crippen LogP contribution >= 0.6 is 0 Å². The monoisotopic (exact) mass is 419 g/mol. The van der Waals surface area contributed by atoms with Crippen LogP contribution in [0.15, 0.2) is 47.4 Å². The van der Waals surface area contributed by atoms with Gasteiger partial charge in [0.1, 0.15) is 11.5 Å². The van der Waals surface area contributed by atoms with Crippen LogP contribution in [-0.4, -0.2) is 47.0 Å². The minimum absolute atomic E-state index is 0.0607. The Morgan fingerprint density at radius 3 is 2.59 bits per heavy atom. The third kappa shape index (κ3) is 3.97. The molecule has 0 radical (unpaired) electrons. The summed E-state index contributed by atoms with van der Waals surface area (Å²) in [6.07, 6.45) is -1.00. The smallest absolute Gasteiger partial charge is 0.264 e. The van der Waals surface area contributed by atoms with Crippen LogP contribution in [0.25, 0.3) is 0 Å². The van der Waals surface area contributed by atoms with Gasteiger partial charge < -0.3 is 20.1 Å². The molecule has 2 aromatic carbocycles. The summed E-state index contributed by atoms with van der Waals surface area (Å²) in [6, 6.07) is 10.7. The largest absolute Gasteiger partial charge is 0.495 e. The molecule has 0 saturated heterocycles. The molecule has 2 amide bonds. The van der Waals surface area contributed by atoms with Crippen molar-refractivity contribution < 1.29 is 27.5 Å². The van der Waals surface area contributed by atoms with Crippen LogP contribution in [-0.2, 0) is 19.6 Å². The lowest BCUT2D eigenvalue weighted by atomic mass is 10.2. The Labute approximate surface area is 168 Å². The molecule has 2 aromatic rings. The number of sulfonamides is 1. The van der Waals surface area contributed by atoms with E-state index in [0.717, 1.165) is 4.31 Å². The van der Waals surface area contributed by atoms with Gasteiger partial charge in [-0.3, -0.25) is 13.9 Å². The number of rotatable bonds is 5. The number of carbonyl (C=O) groups excluding carboxylic acids is 2. The zero-order valence-electron chi connectivity index (χ0n) is 16.1. The lowest BCUT2D eigenvalue weighted by molar-refractivity contribution is -0.127. The Balaban J connectivity index is 2.08. The molecule has 9 nitrogen and oxygen atoms in total. The minimum atomic E-state index is -4.07. The fourth-order valence-electron chi connectivity index (χ4n) is 2.99. The van der Waals surface area contributed by atoms with Crippen molar-refractivity contribution in [2.75, 3.05) is 30.3 Å². The molecule has 1 heterocycles. The van der Waals surface area contributed by atoms with Crippen molar-refractivity contribution in [3.63, 3.8) is 0 Å². The maximum absolute atomic E-state index is 13.4. The van der Waals surface area contributed by atoms with Gasteiger partial charge in [0, 0.05) is 14.0 Å². The summed E-state index contributed by atoms with van der Waals surface area (Å²) in [5.74, 6) is -0.195. The van der Waals surface area contributed by atoms with Gasteiger partial charge in [-0.05, 0) is 30.3 Å². The van der Waals surface area contributed by atoms with E-state index in [1.54, 1.807) is 24.3 Å². The molecule has 0 unspecified atom stereocenters. The molecular weight excluding hydrogens is 398 g/mol. The Hall–Kier alpha value is -3.27. The number of hydrogen-bond donors (Lipinski definition) is 2. The number of ether oxygens (including phenoxy) is 2. The van der Waals surface area contributed by atoms with E-state index in [9.17, 15) is 18.0 Å². The van der Waals surface area contributed by atoms with Gasteiger partial charge in [0.2, 0.25) is 5.91 Å². The first-order valence-corrected chi connectivity index (χ1v) is 10.2. The Kier molecular flexibility index (Phi) is 5.64. The minimum Gasteiger partial charge on any atom is -0.495 e. The van der Waals surface area contributed by atoms with Crippen LogP contribution in [0, 0.1) is 0 Å². The molecule has 0 bridgehead atoms. The summed E-state index contributed by atoms with van der Waals surface area (Å²) in [6.45, 7) is 1.12. The van der Waals surface area contributed by atoms with E-state index >= 15 is 0 Å². The SMILES string of the molecule is CNC(=O)[C@@H]1CN(S(=O)(=O)c2ccc(OC)c(NC(C)=O)c2)c2ccccc2O1. The van der Waals surface area contributed by atoms with Crippen molar-refractivity contribution in [2.45, 2.75) is 17.9 Å². The molecule has 0 spiro atoms. The number of anilines is 2. The number of fused-ring (bicyclic) bond motifs is 1. The molecule has 154 valence electrons. The molecule has 29 heavy (non-hydrogen) atoms. The zero-order chi connectivity index (χ0) is 21.2. The van der Waals surface area contributed by atoms with Gasteiger partial charge in [-0.15, -0.1) is 0 Å². The standard InChI is InChI=1S/C19H21N3O6S/c1-12(23)21-14-10-13(8-9-16(14)27-3)29(25,26)22-11-18(19(24)20-2)28-17-7-5-4-6-15(17)22/h4-10,18H,11H2,1-3H3,(H,20,24)(H,21,23)/t18-/m0/s1. The number of methoxy groups -OCH3 is 1. The molecular formula is C19H21N3O6S. The second-order valence-electron chi connectivity index (χ2n) is 6.27. The van der Waals surface area contributed by atoms with Crippen LogP contribution in [0.3, 0.4) is 0 Å². The van der Waals surface area contributed by atoms with Gasteiger partial charge in [0.15, 0.2) is 6.10 Å². The highest BCUT2D eigenvalue weighted by Crippen LogP contribution is 2.38. The molecule has 1 aliphatic rings. The predicted octanol–water partition coefficient (Wildman–Crippen LogP) is 1.36. The predicted molar refractivity (Wildman–Crippen MR) is 107 cm³/mol. The lowest BCUT2D eigenvalue weighted by Crippen LogP contribution is -2.50. The van der Waals surface area contributed by atoms with Crippen molar-refractivity contribution >= 4 is 33.2 Å². The van der Waals surface area contributed by atoms with Crippen LogP contribution in [0.1, 0.15) is 6.92 Å². The number of para-hydroxylation sites is 2. The van der Waals surface area contributed by atoms with Gasteiger partial charge in [-0.2, -0.15) is 0 Å². The van der Waals surface area contributed by atoms with Gasteiger partial charge in [0.25, 0.3) is 15.9 Å². The molecule has 0 fully saturated rings. The number of benzene rings is 2. The van der Waals surface area contributed by atoms with E-state index in [1.165, 1.54) is 39.3 Å². The van der Waals surface area contributed by atoms with E-state index in [0.29, 0.717) is 11.4 Å². The molecule has 0 aromatic heterocycles. The van der Waals surface area contributed by atoms with Crippen molar-refractivity contribution in [3.05, 3.63) is 42.5 Å². The fourth-order valence-corrected chi connectivity index (χ4v) is 4.49. The third-order valence-electron chi connectivity index (χ3n) is 4.34. The second-order valence-corrected chi connectivity index (χ2v) is 8.13. The lowest BCUT2D eigenvalue weighted by Gasteiger charge is -2.34. The van der Waals surface area contributed by atoms with E-state index in [-0.39, 0.29) is 28.8 Å². The number of nitrogens with one attached hydrogen (secondary N) is 2. The Morgan fingerprint density at radius 2 is 1.93 bits per heavy atom. The summed E-state index contributed by atoms with van der Waals surface area (Å²) < 4.78 is 38.8. The summed E-state index contributed by atoms with van der Waals surface area (Å²) >= 11 is 0. The van der Waals surface area contributed by atoms with E-state index in [4.69, 9.17) is 9.47 Å². The highest BCUT2D eigenvalue weighted by Gasteiger charge is 2.37. The molecule has 1 aliphatic heterocycles. The van der Waals surface area contributed by atoms with Gasteiger partial charge in [-0.1, -0.05) is 12.1 Å². The number of hydrogen-bond acceptors (Lipinski definition) is 6. The summed E-state index contributed by atoms with van der Waals surface area (Å²) in [7, 11) is -1.20. The Morgan fingerprint density at radius 1 is 1.21 bits per heavy atom. The topological polar surface area (TPSA) is 114 Å². The third-order valence-corrected chi connectivity index (χ3v) is 6.12. The van der Waals surface area contributed by atoms with Crippen LogP contribution in [0.5, 0.6) is 11.5 Å². The van der Waals surface area contributed by atoms with Crippen molar-refractivity contribution in [3.8, 4) is 11.5 Å². The molecule has 3 rings (SSSR count). The summed E-state index contributed by atoms with van der Waals surface area (Å²) in [5.41, 5.74) is 0.551. The maximum Gasteiger partial charge on any atom is 0.264 e. The van der Waals surface area contributed by atoms with Gasteiger partial charge in [-0.25, -0.2) is 8.42 Å². The van der Waals surface area contributed by atoms with E-state index in [2.05, 4.69) is 10.6 Å². The maximum atomic E-state index is 13.4. The van der Waals surface area contributed by atoms with E-state index < -0.39 is 22.0 Å². The highest BCUT2D eigenvalue weighted by molar-refractivity contribution is 7.92. The van der Waals surface area contributed by atoms with Crippen molar-refractivity contribution in [2.24, 2.45) is 0 Å². The quantitative estimate of drug-likeness (QED) is 0.756.